The van der Waals surface area contributed by atoms with Gasteiger partial charge in [-0.05, 0) is 35.7 Å². The van der Waals surface area contributed by atoms with Gasteiger partial charge in [0.15, 0.2) is 9.84 Å². The van der Waals surface area contributed by atoms with Crippen molar-refractivity contribution >= 4 is 25.8 Å². The van der Waals surface area contributed by atoms with Crippen molar-refractivity contribution in [3.8, 4) is 0 Å². The Bertz CT molecular complexity index is 712. The summed E-state index contributed by atoms with van der Waals surface area (Å²) in [5.74, 6) is 0.470. The Hall–Kier alpha value is -1.17. The highest BCUT2D eigenvalue weighted by molar-refractivity contribution is 9.10. The number of halogens is 1. The van der Waals surface area contributed by atoms with Crippen molar-refractivity contribution < 1.29 is 8.42 Å². The molecule has 124 valence electrons. The molecular weight excluding hydrogens is 374 g/mol. The normalized spacial score (nSPS) is 13.2. The minimum atomic E-state index is -3.26. The first kappa shape index (κ1) is 18.2. The molecule has 23 heavy (non-hydrogen) atoms. The highest BCUT2D eigenvalue weighted by Gasteiger charge is 2.18. The van der Waals surface area contributed by atoms with Crippen LogP contribution in [0, 0.1) is 5.92 Å². The maximum atomic E-state index is 12.4. The van der Waals surface area contributed by atoms with E-state index in [4.69, 9.17) is 0 Å². The first-order chi connectivity index (χ1) is 10.9. The Labute approximate surface area is 147 Å². The Morgan fingerprint density at radius 2 is 1.61 bits per heavy atom. The molecule has 0 aromatic heterocycles. The average Bonchev–Trinajstić information content (AvgIpc) is 2.52. The van der Waals surface area contributed by atoms with Gasteiger partial charge in [0.25, 0.3) is 0 Å². The monoisotopic (exact) mass is 395 g/mol. The van der Waals surface area contributed by atoms with E-state index in [-0.39, 0.29) is 11.8 Å². The van der Waals surface area contributed by atoms with Gasteiger partial charge < -0.3 is 5.32 Å². The van der Waals surface area contributed by atoms with Crippen molar-refractivity contribution in [3.63, 3.8) is 0 Å². The molecule has 1 atom stereocenters. The molecule has 0 saturated heterocycles. The third-order valence-corrected chi connectivity index (χ3v) is 5.99. The van der Waals surface area contributed by atoms with Gasteiger partial charge in [-0.3, -0.25) is 0 Å². The topological polar surface area (TPSA) is 46.2 Å². The summed E-state index contributed by atoms with van der Waals surface area (Å²) in [5.41, 5.74) is 1.18. The molecule has 1 N–H and O–H groups in total. The molecule has 0 radical (unpaired) electrons. The lowest BCUT2D eigenvalue weighted by Crippen LogP contribution is -2.30. The molecule has 0 unspecified atom stereocenters. The summed E-state index contributed by atoms with van der Waals surface area (Å²) in [6.07, 6.45) is 0. The molecule has 0 fully saturated rings. The molecule has 2 aromatic carbocycles. The van der Waals surface area contributed by atoms with E-state index in [0.717, 1.165) is 4.47 Å². The SMILES string of the molecule is CC(C)[C@H](NCCS(=O)(=O)c1ccc(Br)cc1)c1ccccc1. The second-order valence-electron chi connectivity index (χ2n) is 5.86. The molecule has 0 aliphatic heterocycles. The maximum Gasteiger partial charge on any atom is 0.179 e. The van der Waals surface area contributed by atoms with Gasteiger partial charge >= 0.3 is 0 Å². The number of sulfone groups is 1. The minimum absolute atomic E-state index is 0.0880. The predicted molar refractivity (Wildman–Crippen MR) is 98.2 cm³/mol. The third-order valence-electron chi connectivity index (χ3n) is 3.73. The zero-order chi connectivity index (χ0) is 16.9. The van der Waals surface area contributed by atoms with Gasteiger partial charge in [0.1, 0.15) is 0 Å². The van der Waals surface area contributed by atoms with E-state index >= 15 is 0 Å². The molecule has 0 amide bonds. The summed E-state index contributed by atoms with van der Waals surface area (Å²) in [6, 6.07) is 17.1. The van der Waals surface area contributed by atoms with Crippen molar-refractivity contribution in [2.75, 3.05) is 12.3 Å². The van der Waals surface area contributed by atoms with Gasteiger partial charge in [-0.25, -0.2) is 8.42 Å². The molecule has 0 heterocycles. The fourth-order valence-electron chi connectivity index (χ4n) is 2.51. The van der Waals surface area contributed by atoms with Gasteiger partial charge in [-0.1, -0.05) is 60.1 Å². The summed E-state index contributed by atoms with van der Waals surface area (Å²) >= 11 is 3.32. The van der Waals surface area contributed by atoms with Gasteiger partial charge in [0.05, 0.1) is 10.6 Å². The van der Waals surface area contributed by atoms with Crippen molar-refractivity contribution in [3.05, 3.63) is 64.6 Å². The van der Waals surface area contributed by atoms with Crippen LogP contribution < -0.4 is 5.32 Å². The van der Waals surface area contributed by atoms with Crippen LogP contribution in [0.1, 0.15) is 25.5 Å². The highest BCUT2D eigenvalue weighted by Crippen LogP contribution is 2.21. The lowest BCUT2D eigenvalue weighted by atomic mass is 9.96. The zero-order valence-corrected chi connectivity index (χ0v) is 15.8. The van der Waals surface area contributed by atoms with E-state index in [9.17, 15) is 8.42 Å². The number of nitrogens with one attached hydrogen (secondary N) is 1. The first-order valence-corrected chi connectivity index (χ1v) is 10.1. The predicted octanol–water partition coefficient (Wildman–Crippen LogP) is 4.21. The lowest BCUT2D eigenvalue weighted by Gasteiger charge is -2.23. The van der Waals surface area contributed by atoms with Crippen LogP contribution >= 0.6 is 15.9 Å². The van der Waals surface area contributed by atoms with Crippen molar-refractivity contribution in [2.45, 2.75) is 24.8 Å². The molecule has 5 heteroatoms. The Morgan fingerprint density at radius 3 is 2.17 bits per heavy atom. The standard InChI is InChI=1S/C18H22BrNO2S/c1-14(2)18(15-6-4-3-5-7-15)20-12-13-23(21,22)17-10-8-16(19)9-11-17/h3-11,14,18,20H,12-13H2,1-2H3/t18-/m0/s1. The number of rotatable bonds is 7. The van der Waals surface area contributed by atoms with Gasteiger partial charge in [-0.15, -0.1) is 0 Å². The van der Waals surface area contributed by atoms with E-state index in [1.165, 1.54) is 5.56 Å². The summed E-state index contributed by atoms with van der Waals surface area (Å²) in [6.45, 7) is 4.69. The molecule has 0 aliphatic rings. The first-order valence-electron chi connectivity index (χ1n) is 7.67. The number of hydrogen-bond donors (Lipinski definition) is 1. The summed E-state index contributed by atoms with van der Waals surface area (Å²) in [7, 11) is -3.26. The number of benzene rings is 2. The van der Waals surface area contributed by atoms with E-state index in [1.54, 1.807) is 24.3 Å². The molecule has 0 aliphatic carbocycles. The fraction of sp³-hybridized carbons (Fsp3) is 0.333. The van der Waals surface area contributed by atoms with E-state index < -0.39 is 9.84 Å². The molecule has 2 rings (SSSR count). The van der Waals surface area contributed by atoms with Gasteiger partial charge in [0, 0.05) is 17.1 Å². The zero-order valence-electron chi connectivity index (χ0n) is 13.4. The van der Waals surface area contributed by atoms with Gasteiger partial charge in [0.2, 0.25) is 0 Å². The third kappa shape index (κ3) is 5.16. The van der Waals surface area contributed by atoms with Crippen LogP contribution in [0.2, 0.25) is 0 Å². The van der Waals surface area contributed by atoms with Crippen LogP contribution in [0.4, 0.5) is 0 Å². The molecule has 2 aromatic rings. The highest BCUT2D eigenvalue weighted by atomic mass is 79.9. The second kappa shape index (κ2) is 8.08. The van der Waals surface area contributed by atoms with E-state index in [1.807, 2.05) is 18.2 Å². The van der Waals surface area contributed by atoms with Crippen molar-refractivity contribution in [1.29, 1.82) is 0 Å². The smallest absolute Gasteiger partial charge is 0.179 e. The summed E-state index contributed by atoms with van der Waals surface area (Å²) in [5, 5.41) is 3.38. The minimum Gasteiger partial charge on any atom is -0.309 e. The fourth-order valence-corrected chi connectivity index (χ4v) is 3.94. The van der Waals surface area contributed by atoms with Crippen LogP contribution in [0.15, 0.2) is 64.0 Å². The van der Waals surface area contributed by atoms with Crippen LogP contribution in [0.5, 0.6) is 0 Å². The molecule has 0 saturated carbocycles. The molecular formula is C18H22BrNO2S. The quantitative estimate of drug-likeness (QED) is 0.763. The van der Waals surface area contributed by atoms with Crippen molar-refractivity contribution in [2.24, 2.45) is 5.92 Å². The van der Waals surface area contributed by atoms with Crippen LogP contribution in [0.3, 0.4) is 0 Å². The molecule has 0 spiro atoms. The van der Waals surface area contributed by atoms with Crippen LogP contribution in [-0.4, -0.2) is 20.7 Å². The maximum absolute atomic E-state index is 12.4. The summed E-state index contributed by atoms with van der Waals surface area (Å²) < 4.78 is 25.6. The Balaban J connectivity index is 2.01. The summed E-state index contributed by atoms with van der Waals surface area (Å²) in [4.78, 5) is 0.364. The Morgan fingerprint density at radius 1 is 1.00 bits per heavy atom. The number of hydrogen-bond acceptors (Lipinski definition) is 3. The Kier molecular flexibility index (Phi) is 6.39. The average molecular weight is 396 g/mol. The largest absolute Gasteiger partial charge is 0.309 e. The van der Waals surface area contributed by atoms with Crippen LogP contribution in [0.25, 0.3) is 0 Å². The van der Waals surface area contributed by atoms with E-state index in [2.05, 4.69) is 47.2 Å². The molecule has 3 nitrogen and oxygen atoms in total. The van der Waals surface area contributed by atoms with E-state index in [0.29, 0.717) is 17.4 Å². The lowest BCUT2D eigenvalue weighted by molar-refractivity contribution is 0.421. The van der Waals surface area contributed by atoms with Crippen molar-refractivity contribution in [1.82, 2.24) is 5.32 Å². The molecule has 0 bridgehead atoms. The van der Waals surface area contributed by atoms with Crippen LogP contribution in [-0.2, 0) is 9.84 Å². The van der Waals surface area contributed by atoms with Gasteiger partial charge in [-0.2, -0.15) is 0 Å². The second-order valence-corrected chi connectivity index (χ2v) is 8.88.